The van der Waals surface area contributed by atoms with Crippen LogP contribution in [-0.4, -0.2) is 32.7 Å². The molecule has 0 atom stereocenters. The maximum absolute atomic E-state index is 12.4. The molecule has 0 aliphatic rings. The first kappa shape index (κ1) is 19.1. The van der Waals surface area contributed by atoms with Gasteiger partial charge in [-0.05, 0) is 55.2 Å². The smallest absolute Gasteiger partial charge is 0.242 e. The molecule has 0 saturated carbocycles. The largest absolute Gasteiger partial charge is 0.326 e. The van der Waals surface area contributed by atoms with Crippen molar-refractivity contribution in [2.45, 2.75) is 32.1 Å². The van der Waals surface area contributed by atoms with Crippen molar-refractivity contribution in [1.82, 2.24) is 4.31 Å². The molecule has 0 aliphatic heterocycles. The highest BCUT2D eigenvalue weighted by Crippen LogP contribution is 2.22. The fourth-order valence-corrected chi connectivity index (χ4v) is 3.33. The third-order valence-electron chi connectivity index (χ3n) is 4.20. The number of nitrogens with zero attached hydrogens (tertiary/aromatic N) is 1. The summed E-state index contributed by atoms with van der Waals surface area (Å²) < 4.78 is 25.7. The molecule has 2 rings (SSSR count). The lowest BCUT2D eigenvalue weighted by atomic mass is 10.0. The van der Waals surface area contributed by atoms with E-state index < -0.39 is 10.0 Å². The highest BCUT2D eigenvalue weighted by molar-refractivity contribution is 7.89. The first-order valence-corrected chi connectivity index (χ1v) is 9.44. The molecule has 0 bridgehead atoms. The van der Waals surface area contributed by atoms with Gasteiger partial charge in [0, 0.05) is 19.8 Å². The Morgan fingerprint density at radius 3 is 2.20 bits per heavy atom. The van der Waals surface area contributed by atoms with Gasteiger partial charge in [0.15, 0.2) is 0 Å². The quantitative estimate of drug-likeness (QED) is 0.891. The number of anilines is 1. The van der Waals surface area contributed by atoms with Crippen LogP contribution in [0, 0.1) is 20.8 Å². The van der Waals surface area contributed by atoms with Crippen LogP contribution in [0.3, 0.4) is 0 Å². The van der Waals surface area contributed by atoms with Crippen LogP contribution in [0.25, 0.3) is 0 Å². The van der Waals surface area contributed by atoms with Gasteiger partial charge in [0.25, 0.3) is 0 Å². The standard InChI is InChI=1S/C19H24N2O3S/c1-13-6-8-16(10-15(13)3)11-19(22)20-18-12-17(9-7-14(18)2)25(23,24)21(4)5/h6-10,12H,11H2,1-5H3,(H,20,22). The van der Waals surface area contributed by atoms with Crippen molar-refractivity contribution >= 4 is 21.6 Å². The van der Waals surface area contributed by atoms with E-state index in [0.717, 1.165) is 21.0 Å². The van der Waals surface area contributed by atoms with Gasteiger partial charge in [0.1, 0.15) is 0 Å². The lowest BCUT2D eigenvalue weighted by Crippen LogP contribution is -2.22. The zero-order valence-corrected chi connectivity index (χ0v) is 16.1. The van der Waals surface area contributed by atoms with Crippen molar-refractivity contribution in [1.29, 1.82) is 0 Å². The number of carbonyl (C=O) groups excluding carboxylic acids is 1. The number of carbonyl (C=O) groups is 1. The van der Waals surface area contributed by atoms with E-state index in [2.05, 4.69) is 5.32 Å². The third-order valence-corrected chi connectivity index (χ3v) is 6.01. The lowest BCUT2D eigenvalue weighted by Gasteiger charge is -2.14. The maximum atomic E-state index is 12.4. The van der Waals surface area contributed by atoms with Crippen LogP contribution in [0.1, 0.15) is 22.3 Å². The molecule has 1 N–H and O–H groups in total. The summed E-state index contributed by atoms with van der Waals surface area (Å²) in [6, 6.07) is 10.7. The van der Waals surface area contributed by atoms with E-state index in [1.165, 1.54) is 25.7 Å². The zero-order chi connectivity index (χ0) is 18.8. The second-order valence-corrected chi connectivity index (χ2v) is 8.56. The number of sulfonamides is 1. The van der Waals surface area contributed by atoms with E-state index in [0.29, 0.717) is 5.69 Å². The zero-order valence-electron chi connectivity index (χ0n) is 15.3. The number of amides is 1. The van der Waals surface area contributed by atoms with Crippen molar-refractivity contribution < 1.29 is 13.2 Å². The average Bonchev–Trinajstić information content (AvgIpc) is 2.52. The number of nitrogens with one attached hydrogen (secondary N) is 1. The van der Waals surface area contributed by atoms with Gasteiger partial charge in [-0.2, -0.15) is 0 Å². The Labute approximate surface area is 149 Å². The molecule has 6 heteroatoms. The molecule has 2 aromatic carbocycles. The van der Waals surface area contributed by atoms with E-state index in [4.69, 9.17) is 0 Å². The molecule has 0 aliphatic carbocycles. The molecule has 0 saturated heterocycles. The van der Waals surface area contributed by atoms with Crippen LogP contribution in [0.2, 0.25) is 0 Å². The average molecular weight is 360 g/mol. The molecular weight excluding hydrogens is 336 g/mol. The number of aryl methyl sites for hydroxylation is 3. The molecule has 134 valence electrons. The van der Waals surface area contributed by atoms with E-state index >= 15 is 0 Å². The summed E-state index contributed by atoms with van der Waals surface area (Å²) in [7, 11) is -0.581. The van der Waals surface area contributed by atoms with E-state index in [1.807, 2.05) is 39.0 Å². The van der Waals surface area contributed by atoms with Gasteiger partial charge in [-0.25, -0.2) is 12.7 Å². The van der Waals surface area contributed by atoms with Crippen molar-refractivity contribution in [3.8, 4) is 0 Å². The highest BCUT2D eigenvalue weighted by atomic mass is 32.2. The first-order chi connectivity index (χ1) is 11.6. The molecule has 0 aromatic heterocycles. The summed E-state index contributed by atoms with van der Waals surface area (Å²) in [4.78, 5) is 12.5. The molecule has 0 heterocycles. The highest BCUT2D eigenvalue weighted by Gasteiger charge is 2.18. The van der Waals surface area contributed by atoms with Gasteiger partial charge in [-0.1, -0.05) is 24.3 Å². The van der Waals surface area contributed by atoms with Gasteiger partial charge in [0.05, 0.1) is 11.3 Å². The predicted octanol–water partition coefficient (Wildman–Crippen LogP) is 3.04. The molecule has 2 aromatic rings. The summed E-state index contributed by atoms with van der Waals surface area (Å²) in [5.74, 6) is -0.175. The van der Waals surface area contributed by atoms with Crippen LogP contribution in [0.15, 0.2) is 41.3 Å². The van der Waals surface area contributed by atoms with Gasteiger partial charge in [0.2, 0.25) is 15.9 Å². The molecular formula is C19H24N2O3S. The second kappa shape index (κ2) is 7.37. The molecule has 1 amide bonds. The number of hydrogen-bond donors (Lipinski definition) is 1. The Morgan fingerprint density at radius 1 is 0.960 bits per heavy atom. The first-order valence-electron chi connectivity index (χ1n) is 8.00. The Bertz CT molecular complexity index is 903. The van der Waals surface area contributed by atoms with Gasteiger partial charge < -0.3 is 5.32 Å². The van der Waals surface area contributed by atoms with Crippen LogP contribution >= 0.6 is 0 Å². The minimum Gasteiger partial charge on any atom is -0.326 e. The molecule has 0 unspecified atom stereocenters. The third kappa shape index (κ3) is 4.46. The number of hydrogen-bond acceptors (Lipinski definition) is 3. The summed E-state index contributed by atoms with van der Waals surface area (Å²) in [5, 5.41) is 2.82. The van der Waals surface area contributed by atoms with Crippen molar-refractivity contribution in [2.24, 2.45) is 0 Å². The van der Waals surface area contributed by atoms with Crippen molar-refractivity contribution in [2.75, 3.05) is 19.4 Å². The van der Waals surface area contributed by atoms with E-state index in [9.17, 15) is 13.2 Å². The molecule has 5 nitrogen and oxygen atoms in total. The van der Waals surface area contributed by atoms with Crippen molar-refractivity contribution in [3.63, 3.8) is 0 Å². The SMILES string of the molecule is Cc1ccc(CC(=O)Nc2cc(S(=O)(=O)N(C)C)ccc2C)cc1C. The summed E-state index contributed by atoms with van der Waals surface area (Å²) in [5.41, 5.74) is 4.57. The van der Waals surface area contributed by atoms with E-state index in [-0.39, 0.29) is 17.2 Å². The van der Waals surface area contributed by atoms with E-state index in [1.54, 1.807) is 12.1 Å². The normalized spacial score (nSPS) is 11.6. The fraction of sp³-hybridized carbons (Fsp3) is 0.316. The van der Waals surface area contributed by atoms with Crippen LogP contribution in [-0.2, 0) is 21.2 Å². The van der Waals surface area contributed by atoms with Crippen LogP contribution in [0.4, 0.5) is 5.69 Å². The Morgan fingerprint density at radius 2 is 1.60 bits per heavy atom. The Kier molecular flexibility index (Phi) is 5.65. The Hall–Kier alpha value is -2.18. The number of rotatable bonds is 5. The van der Waals surface area contributed by atoms with Gasteiger partial charge in [-0.15, -0.1) is 0 Å². The molecule has 0 radical (unpaired) electrons. The minimum atomic E-state index is -3.54. The maximum Gasteiger partial charge on any atom is 0.242 e. The lowest BCUT2D eigenvalue weighted by molar-refractivity contribution is -0.115. The summed E-state index contributed by atoms with van der Waals surface area (Å²) >= 11 is 0. The molecule has 0 spiro atoms. The monoisotopic (exact) mass is 360 g/mol. The minimum absolute atomic E-state index is 0.157. The number of benzene rings is 2. The predicted molar refractivity (Wildman–Crippen MR) is 100 cm³/mol. The summed E-state index contributed by atoms with van der Waals surface area (Å²) in [6.07, 6.45) is 0.241. The Balaban J connectivity index is 2.21. The van der Waals surface area contributed by atoms with Gasteiger partial charge >= 0.3 is 0 Å². The second-order valence-electron chi connectivity index (χ2n) is 6.41. The molecule has 25 heavy (non-hydrogen) atoms. The van der Waals surface area contributed by atoms with Gasteiger partial charge in [-0.3, -0.25) is 4.79 Å². The summed E-state index contributed by atoms with van der Waals surface area (Å²) in [6.45, 7) is 5.87. The molecule has 0 fully saturated rings. The fourth-order valence-electron chi connectivity index (χ4n) is 2.40. The van der Waals surface area contributed by atoms with Crippen molar-refractivity contribution in [3.05, 3.63) is 58.7 Å². The van der Waals surface area contributed by atoms with Crippen LogP contribution < -0.4 is 5.32 Å². The van der Waals surface area contributed by atoms with Crippen LogP contribution in [0.5, 0.6) is 0 Å². The topological polar surface area (TPSA) is 66.5 Å².